The minimum absolute atomic E-state index is 0.133. The van der Waals surface area contributed by atoms with Gasteiger partial charge in [-0.2, -0.15) is 8.78 Å². The van der Waals surface area contributed by atoms with Crippen LogP contribution in [0.15, 0.2) is 24.3 Å². The molecule has 0 aliphatic heterocycles. The van der Waals surface area contributed by atoms with Gasteiger partial charge in [-0.1, -0.05) is 6.07 Å². The molecule has 0 radical (unpaired) electrons. The zero-order chi connectivity index (χ0) is 15.5. The predicted molar refractivity (Wildman–Crippen MR) is 64.0 cm³/mol. The van der Waals surface area contributed by atoms with Crippen LogP contribution in [-0.4, -0.2) is 43.2 Å². The van der Waals surface area contributed by atoms with Crippen LogP contribution in [0.1, 0.15) is 10.4 Å². The standard InChI is InChI=1S/C12H12F4N2O2/c1-18(2)9(19)7-4-3-5-8(6-7)17-11(20)12(15,16)10(13)14/h3-6,10H,1-2H3,(H,17,20). The Bertz CT molecular complexity index is 518. The van der Waals surface area contributed by atoms with Crippen molar-refractivity contribution in [1.29, 1.82) is 0 Å². The fraction of sp³-hybridized carbons (Fsp3) is 0.333. The quantitative estimate of drug-likeness (QED) is 0.865. The van der Waals surface area contributed by atoms with Crippen LogP contribution >= 0.6 is 0 Å². The van der Waals surface area contributed by atoms with Crippen LogP contribution in [0.5, 0.6) is 0 Å². The van der Waals surface area contributed by atoms with Gasteiger partial charge in [0.1, 0.15) is 0 Å². The van der Waals surface area contributed by atoms with Crippen LogP contribution in [0.4, 0.5) is 23.2 Å². The summed E-state index contributed by atoms with van der Waals surface area (Å²) in [6.07, 6.45) is -4.10. The van der Waals surface area contributed by atoms with E-state index in [2.05, 4.69) is 0 Å². The number of amides is 2. The molecule has 0 fully saturated rings. The van der Waals surface area contributed by atoms with Crippen molar-refractivity contribution in [1.82, 2.24) is 4.90 Å². The van der Waals surface area contributed by atoms with E-state index in [1.807, 2.05) is 0 Å². The van der Waals surface area contributed by atoms with Gasteiger partial charge in [-0.25, -0.2) is 8.78 Å². The second kappa shape index (κ2) is 5.89. The molecule has 0 bridgehead atoms. The molecular weight excluding hydrogens is 280 g/mol. The lowest BCUT2D eigenvalue weighted by Gasteiger charge is -2.15. The molecule has 0 unspecified atom stereocenters. The molecule has 1 rings (SSSR count). The van der Waals surface area contributed by atoms with Crippen molar-refractivity contribution in [3.63, 3.8) is 0 Å². The van der Waals surface area contributed by atoms with E-state index in [0.29, 0.717) is 0 Å². The van der Waals surface area contributed by atoms with Crippen molar-refractivity contribution >= 4 is 17.5 Å². The maximum Gasteiger partial charge on any atom is 0.383 e. The summed E-state index contributed by atoms with van der Waals surface area (Å²) in [7, 11) is 2.97. The Morgan fingerprint density at radius 2 is 1.85 bits per heavy atom. The number of nitrogens with zero attached hydrogens (tertiary/aromatic N) is 1. The van der Waals surface area contributed by atoms with E-state index in [-0.39, 0.29) is 11.3 Å². The molecule has 1 N–H and O–H groups in total. The smallest absolute Gasteiger partial charge is 0.345 e. The summed E-state index contributed by atoms with van der Waals surface area (Å²) in [5.41, 5.74) is -0.0313. The SMILES string of the molecule is CN(C)C(=O)c1cccc(NC(=O)C(F)(F)C(F)F)c1. The van der Waals surface area contributed by atoms with Gasteiger partial charge in [0, 0.05) is 25.3 Å². The molecule has 8 heteroatoms. The van der Waals surface area contributed by atoms with Crippen LogP contribution in [0.3, 0.4) is 0 Å². The van der Waals surface area contributed by atoms with E-state index in [4.69, 9.17) is 0 Å². The lowest BCUT2D eigenvalue weighted by atomic mass is 10.1. The van der Waals surface area contributed by atoms with Crippen molar-refractivity contribution in [2.75, 3.05) is 19.4 Å². The molecule has 0 saturated heterocycles. The van der Waals surface area contributed by atoms with Crippen molar-refractivity contribution < 1.29 is 27.2 Å². The lowest BCUT2D eigenvalue weighted by Crippen LogP contribution is -2.41. The number of rotatable bonds is 4. The fourth-order valence-electron chi connectivity index (χ4n) is 1.30. The van der Waals surface area contributed by atoms with Crippen LogP contribution in [0.2, 0.25) is 0 Å². The van der Waals surface area contributed by atoms with Crippen molar-refractivity contribution in [2.24, 2.45) is 0 Å². The lowest BCUT2D eigenvalue weighted by molar-refractivity contribution is -0.163. The summed E-state index contributed by atoms with van der Waals surface area (Å²) in [6.45, 7) is 0. The highest BCUT2D eigenvalue weighted by Crippen LogP contribution is 2.25. The average molecular weight is 292 g/mol. The van der Waals surface area contributed by atoms with Crippen molar-refractivity contribution in [3.8, 4) is 0 Å². The highest BCUT2D eigenvalue weighted by Gasteiger charge is 2.48. The number of halogens is 4. The minimum atomic E-state index is -4.79. The third-order valence-electron chi connectivity index (χ3n) is 2.35. The number of carbonyl (C=O) groups is 2. The second-order valence-electron chi connectivity index (χ2n) is 4.16. The molecule has 1 aromatic carbocycles. The van der Waals surface area contributed by atoms with Crippen LogP contribution < -0.4 is 5.32 Å². The Balaban J connectivity index is 2.92. The fourth-order valence-corrected chi connectivity index (χ4v) is 1.30. The van der Waals surface area contributed by atoms with Gasteiger partial charge in [0.2, 0.25) is 0 Å². The number of hydrogen-bond acceptors (Lipinski definition) is 2. The molecule has 110 valence electrons. The monoisotopic (exact) mass is 292 g/mol. The Kier molecular flexibility index (Phi) is 4.69. The summed E-state index contributed by atoms with van der Waals surface area (Å²) in [4.78, 5) is 23.9. The molecular formula is C12H12F4N2O2. The van der Waals surface area contributed by atoms with E-state index < -0.39 is 24.2 Å². The predicted octanol–water partition coefficient (Wildman–Crippen LogP) is 2.23. The number of nitrogens with one attached hydrogen (secondary N) is 1. The van der Waals surface area contributed by atoms with Crippen LogP contribution in [-0.2, 0) is 4.79 Å². The maximum atomic E-state index is 12.8. The minimum Gasteiger partial charge on any atom is -0.345 e. The van der Waals surface area contributed by atoms with Crippen molar-refractivity contribution in [3.05, 3.63) is 29.8 Å². The van der Waals surface area contributed by atoms with Gasteiger partial charge in [0.15, 0.2) is 0 Å². The largest absolute Gasteiger partial charge is 0.383 e. The van der Waals surface area contributed by atoms with Gasteiger partial charge >= 0.3 is 18.3 Å². The molecule has 0 aromatic heterocycles. The van der Waals surface area contributed by atoms with E-state index in [0.717, 1.165) is 6.07 Å². The van der Waals surface area contributed by atoms with Gasteiger partial charge in [-0.3, -0.25) is 9.59 Å². The van der Waals surface area contributed by atoms with E-state index in [9.17, 15) is 27.2 Å². The summed E-state index contributed by atoms with van der Waals surface area (Å²) in [5, 5.41) is 1.66. The Morgan fingerprint density at radius 3 is 2.35 bits per heavy atom. The van der Waals surface area contributed by atoms with E-state index in [1.54, 1.807) is 5.32 Å². The molecule has 1 aromatic rings. The van der Waals surface area contributed by atoms with Crippen LogP contribution in [0.25, 0.3) is 0 Å². The number of benzene rings is 1. The third kappa shape index (κ3) is 3.46. The molecule has 2 amide bonds. The Hall–Kier alpha value is -2.12. The summed E-state index contributed by atoms with van der Waals surface area (Å²) < 4.78 is 49.6. The van der Waals surface area contributed by atoms with Crippen molar-refractivity contribution in [2.45, 2.75) is 12.3 Å². The van der Waals surface area contributed by atoms with E-state index >= 15 is 0 Å². The molecule has 4 nitrogen and oxygen atoms in total. The molecule has 0 heterocycles. The molecule has 0 spiro atoms. The summed E-state index contributed by atoms with van der Waals surface area (Å²) in [6, 6.07) is 5.09. The highest BCUT2D eigenvalue weighted by molar-refractivity contribution is 5.99. The zero-order valence-electron chi connectivity index (χ0n) is 10.7. The second-order valence-corrected chi connectivity index (χ2v) is 4.16. The van der Waals surface area contributed by atoms with Gasteiger partial charge in [-0.05, 0) is 18.2 Å². The van der Waals surface area contributed by atoms with Gasteiger partial charge in [-0.15, -0.1) is 0 Å². The van der Waals surface area contributed by atoms with Gasteiger partial charge < -0.3 is 10.2 Å². The maximum absolute atomic E-state index is 12.8. The van der Waals surface area contributed by atoms with E-state index in [1.165, 1.54) is 37.2 Å². The first-order valence-corrected chi connectivity index (χ1v) is 5.45. The zero-order valence-corrected chi connectivity index (χ0v) is 10.7. The Labute approximate surface area is 112 Å². The number of carbonyl (C=O) groups excluding carboxylic acids is 2. The first kappa shape index (κ1) is 15.9. The first-order valence-electron chi connectivity index (χ1n) is 5.45. The van der Waals surface area contributed by atoms with Gasteiger partial charge in [0.25, 0.3) is 5.91 Å². The summed E-state index contributed by atoms with van der Waals surface area (Å²) >= 11 is 0. The number of anilines is 1. The molecule has 0 aliphatic carbocycles. The third-order valence-corrected chi connectivity index (χ3v) is 2.35. The Morgan fingerprint density at radius 1 is 1.25 bits per heavy atom. The normalized spacial score (nSPS) is 11.3. The molecule has 20 heavy (non-hydrogen) atoms. The topological polar surface area (TPSA) is 49.4 Å². The average Bonchev–Trinajstić information content (AvgIpc) is 2.37. The number of hydrogen-bond donors (Lipinski definition) is 1. The van der Waals surface area contributed by atoms with Gasteiger partial charge in [0.05, 0.1) is 0 Å². The highest BCUT2D eigenvalue weighted by atomic mass is 19.3. The molecule has 0 aliphatic rings. The van der Waals surface area contributed by atoms with Crippen LogP contribution in [0, 0.1) is 0 Å². The first-order chi connectivity index (χ1) is 9.16. The summed E-state index contributed by atoms with van der Waals surface area (Å²) in [5.74, 6) is -7.33. The molecule has 0 atom stereocenters. The molecule has 0 saturated carbocycles. The number of alkyl halides is 4.